The molecule has 1 unspecified atom stereocenters. The van der Waals surface area contributed by atoms with Crippen molar-refractivity contribution >= 4 is 7.82 Å². The van der Waals surface area contributed by atoms with Crippen molar-refractivity contribution in [2.45, 2.75) is 143 Å². The third-order valence-electron chi connectivity index (χ3n) is 8.88. The van der Waals surface area contributed by atoms with Crippen molar-refractivity contribution in [3.05, 3.63) is 81.9 Å². The molecule has 6 heteroatoms. The van der Waals surface area contributed by atoms with Crippen LogP contribution in [0.25, 0.3) is 0 Å². The lowest BCUT2D eigenvalue weighted by Crippen LogP contribution is -2.53. The van der Waals surface area contributed by atoms with Crippen LogP contribution in [-0.2, 0) is 45.4 Å². The minimum absolute atomic E-state index is 0.0915. The van der Waals surface area contributed by atoms with Gasteiger partial charge in [0.05, 0.1) is 0 Å². The van der Waals surface area contributed by atoms with E-state index in [1.165, 1.54) is 11.1 Å². The quantitative estimate of drug-likeness (QED) is 0.260. The number of hydrogen-bond acceptors (Lipinski definition) is 5. The SMILES string of the molecule is C=C(C(O)(c1ccc(C(C)(C)C)cc1C(C)(C)C)c1ccc(C(C)(C)C)cc1C(C)(C)C)C12OP(=O)(OC1CC(C)C)O2. The van der Waals surface area contributed by atoms with E-state index >= 15 is 0 Å². The molecule has 3 saturated heterocycles. The summed E-state index contributed by atoms with van der Waals surface area (Å²) in [5.74, 6) is -1.32. The Labute approximate surface area is 261 Å². The second kappa shape index (κ2) is 10.4. The Bertz CT molecular complexity index is 1370. The van der Waals surface area contributed by atoms with Gasteiger partial charge in [0.15, 0.2) is 0 Å². The van der Waals surface area contributed by atoms with Gasteiger partial charge in [-0.1, -0.05) is 140 Å². The van der Waals surface area contributed by atoms with Crippen molar-refractivity contribution in [1.82, 2.24) is 0 Å². The fourth-order valence-electron chi connectivity index (χ4n) is 6.27. The van der Waals surface area contributed by atoms with Gasteiger partial charge in [-0.15, -0.1) is 0 Å². The molecule has 0 aliphatic carbocycles. The highest BCUT2D eigenvalue weighted by Gasteiger charge is 2.74. The second-order valence-electron chi connectivity index (χ2n) is 17.2. The molecule has 0 saturated carbocycles. The molecule has 2 bridgehead atoms. The molecule has 5 nitrogen and oxygen atoms in total. The van der Waals surface area contributed by atoms with Gasteiger partial charge < -0.3 is 5.11 Å². The predicted molar refractivity (Wildman–Crippen MR) is 177 cm³/mol. The van der Waals surface area contributed by atoms with E-state index in [-0.39, 0.29) is 33.2 Å². The Hall–Kier alpha value is -1.75. The number of phosphoric acid groups is 1. The average molecular weight is 611 g/mol. The molecule has 3 aliphatic heterocycles. The summed E-state index contributed by atoms with van der Waals surface area (Å²) in [7, 11) is -3.70. The lowest BCUT2D eigenvalue weighted by atomic mass is 9.66. The smallest absolute Gasteiger partial charge is 0.376 e. The molecule has 238 valence electrons. The first kappa shape index (κ1) is 34.1. The Morgan fingerprint density at radius 3 is 1.49 bits per heavy atom. The standard InChI is InChI=1S/C37H55O5P/c1-23(2)20-31-37(41-43(39,40-31)42-37)24(3)36(38,27-18-16-25(32(4,5)6)21-29(27)34(10,11)12)28-19-17-26(33(7,8)9)22-30(28)35(13,14)15/h16-19,21-23,31,38H,3,20H2,1-2,4-15H3. The number of hydrogen-bond donors (Lipinski definition) is 1. The molecule has 2 aromatic carbocycles. The second-order valence-corrected chi connectivity index (χ2v) is 18.7. The fourth-order valence-corrected chi connectivity index (χ4v) is 8.03. The van der Waals surface area contributed by atoms with Crippen LogP contribution in [0, 0.1) is 5.92 Å². The van der Waals surface area contributed by atoms with Crippen molar-refractivity contribution in [2.24, 2.45) is 5.92 Å². The van der Waals surface area contributed by atoms with Gasteiger partial charge in [0, 0.05) is 5.57 Å². The van der Waals surface area contributed by atoms with E-state index in [0.717, 1.165) is 11.1 Å². The summed E-state index contributed by atoms with van der Waals surface area (Å²) in [5, 5.41) is 13.6. The molecule has 5 rings (SSSR count). The molecule has 3 fully saturated rings. The molecule has 0 amide bonds. The summed E-state index contributed by atoms with van der Waals surface area (Å²) < 4.78 is 31.1. The summed E-state index contributed by atoms with van der Waals surface area (Å²) in [6.45, 7) is 34.9. The zero-order valence-corrected chi connectivity index (χ0v) is 30.0. The maximum absolute atomic E-state index is 13.6. The Balaban J connectivity index is 2.11. The van der Waals surface area contributed by atoms with Crippen molar-refractivity contribution in [2.75, 3.05) is 0 Å². The third-order valence-corrected chi connectivity index (χ3v) is 10.4. The van der Waals surface area contributed by atoms with Gasteiger partial charge in [-0.2, -0.15) is 0 Å². The molecule has 3 heterocycles. The van der Waals surface area contributed by atoms with Crippen molar-refractivity contribution in [1.29, 1.82) is 0 Å². The largest absolute Gasteiger partial charge is 0.481 e. The van der Waals surface area contributed by atoms with Crippen LogP contribution in [0.1, 0.15) is 137 Å². The Morgan fingerprint density at radius 2 is 1.16 bits per heavy atom. The van der Waals surface area contributed by atoms with Gasteiger partial charge in [-0.25, -0.2) is 13.6 Å². The van der Waals surface area contributed by atoms with E-state index in [2.05, 4.69) is 128 Å². The van der Waals surface area contributed by atoms with E-state index in [0.29, 0.717) is 17.5 Å². The molecule has 0 aromatic heterocycles. The summed E-state index contributed by atoms with van der Waals surface area (Å²) >= 11 is 0. The highest BCUT2D eigenvalue weighted by Crippen LogP contribution is 2.78. The Kier molecular flexibility index (Phi) is 8.25. The van der Waals surface area contributed by atoms with Crippen molar-refractivity contribution in [3.8, 4) is 0 Å². The number of phosphoric ester groups is 1. The molecule has 2 aromatic rings. The first-order valence-corrected chi connectivity index (χ1v) is 17.1. The van der Waals surface area contributed by atoms with Crippen molar-refractivity contribution < 1.29 is 23.2 Å². The number of rotatable bonds is 6. The average Bonchev–Trinajstić information content (AvgIpc) is 3.26. The third kappa shape index (κ3) is 5.98. The molecule has 43 heavy (non-hydrogen) atoms. The van der Waals surface area contributed by atoms with Gasteiger partial charge in [-0.3, -0.25) is 4.52 Å². The van der Waals surface area contributed by atoms with Crippen LogP contribution >= 0.6 is 7.82 Å². The zero-order valence-electron chi connectivity index (χ0n) is 29.1. The predicted octanol–water partition coefficient (Wildman–Crippen LogP) is 9.96. The summed E-state index contributed by atoms with van der Waals surface area (Å²) in [6, 6.07) is 12.7. The van der Waals surface area contributed by atoms with E-state index in [1.54, 1.807) is 0 Å². The first-order chi connectivity index (χ1) is 19.3. The Morgan fingerprint density at radius 1 is 0.767 bits per heavy atom. The molecular formula is C37H55O5P. The zero-order chi connectivity index (χ0) is 32.8. The molecule has 1 N–H and O–H groups in total. The summed E-state index contributed by atoms with van der Waals surface area (Å²) in [6.07, 6.45) is -0.111. The maximum atomic E-state index is 13.6. The van der Waals surface area contributed by atoms with Crippen LogP contribution in [0.4, 0.5) is 0 Å². The van der Waals surface area contributed by atoms with E-state index < -0.39 is 25.3 Å². The molecule has 0 spiro atoms. The van der Waals surface area contributed by atoms with Gasteiger partial charge in [0.1, 0.15) is 11.7 Å². The van der Waals surface area contributed by atoms with Crippen LogP contribution < -0.4 is 0 Å². The number of benzene rings is 2. The monoisotopic (exact) mass is 610 g/mol. The van der Waals surface area contributed by atoms with Crippen LogP contribution in [-0.4, -0.2) is 17.0 Å². The lowest BCUT2D eigenvalue weighted by Gasteiger charge is -2.47. The maximum Gasteiger partial charge on any atom is 0.481 e. The lowest BCUT2D eigenvalue weighted by molar-refractivity contribution is -0.171. The van der Waals surface area contributed by atoms with Crippen LogP contribution in [0.2, 0.25) is 0 Å². The van der Waals surface area contributed by atoms with Gasteiger partial charge >= 0.3 is 7.82 Å². The number of aliphatic hydroxyl groups is 1. The van der Waals surface area contributed by atoms with E-state index in [4.69, 9.17) is 13.6 Å². The topological polar surface area (TPSA) is 65.0 Å². The first-order valence-electron chi connectivity index (χ1n) is 15.7. The van der Waals surface area contributed by atoms with E-state index in [9.17, 15) is 9.67 Å². The molecule has 3 aliphatic rings. The number of fused-ring (bicyclic) bond motifs is 1. The van der Waals surface area contributed by atoms with E-state index in [1.807, 2.05) is 12.1 Å². The van der Waals surface area contributed by atoms with Crippen LogP contribution in [0.5, 0.6) is 0 Å². The van der Waals surface area contributed by atoms with Crippen LogP contribution in [0.15, 0.2) is 48.6 Å². The highest BCUT2D eigenvalue weighted by molar-refractivity contribution is 7.50. The van der Waals surface area contributed by atoms with Crippen molar-refractivity contribution in [3.63, 3.8) is 0 Å². The van der Waals surface area contributed by atoms with Gasteiger partial charge in [0.2, 0.25) is 5.79 Å². The molecule has 0 radical (unpaired) electrons. The molecule has 1 atom stereocenters. The fraction of sp³-hybridized carbons (Fsp3) is 0.622. The van der Waals surface area contributed by atoms with Crippen LogP contribution in [0.3, 0.4) is 0 Å². The minimum atomic E-state index is -3.70. The highest BCUT2D eigenvalue weighted by atomic mass is 31.2. The summed E-state index contributed by atoms with van der Waals surface area (Å²) in [4.78, 5) is 0. The van der Waals surface area contributed by atoms with Gasteiger partial charge in [-0.05, 0) is 67.4 Å². The summed E-state index contributed by atoms with van der Waals surface area (Å²) in [5.41, 5.74) is 3.48. The molecular weight excluding hydrogens is 555 g/mol. The van der Waals surface area contributed by atoms with Gasteiger partial charge in [0.25, 0.3) is 0 Å². The normalized spacial score (nSPS) is 24.8. The minimum Gasteiger partial charge on any atom is -0.376 e.